The van der Waals surface area contributed by atoms with Crippen LogP contribution in [-0.4, -0.2) is 15.5 Å². The molecule has 0 unspecified atom stereocenters. The maximum Gasteiger partial charge on any atom is 0.261 e. The van der Waals surface area contributed by atoms with Crippen molar-refractivity contribution in [3.05, 3.63) is 72.3 Å². The SMILES string of the molecule is CCC/C=C(\CCC)c1cccc2cccc(NS(=O)(=O)c3ccc(OC)cc3)c12. The van der Waals surface area contributed by atoms with Gasteiger partial charge in [-0.05, 0) is 59.7 Å². The monoisotopic (exact) mass is 423 g/mol. The summed E-state index contributed by atoms with van der Waals surface area (Å²) in [4.78, 5) is 0.202. The molecular formula is C25H29NO3S. The van der Waals surface area contributed by atoms with Crippen molar-refractivity contribution in [1.82, 2.24) is 0 Å². The Bertz CT molecular complexity index is 1130. The first-order valence-corrected chi connectivity index (χ1v) is 11.9. The number of benzene rings is 3. The average molecular weight is 424 g/mol. The number of unbranched alkanes of at least 4 members (excludes halogenated alkanes) is 1. The van der Waals surface area contributed by atoms with Gasteiger partial charge >= 0.3 is 0 Å². The number of sulfonamides is 1. The summed E-state index contributed by atoms with van der Waals surface area (Å²) in [7, 11) is -2.17. The zero-order valence-corrected chi connectivity index (χ0v) is 18.6. The summed E-state index contributed by atoms with van der Waals surface area (Å²) in [5.74, 6) is 0.617. The Morgan fingerprint density at radius 3 is 2.30 bits per heavy atom. The molecule has 0 aliphatic heterocycles. The van der Waals surface area contributed by atoms with Crippen LogP contribution in [0.25, 0.3) is 16.3 Å². The number of hydrogen-bond acceptors (Lipinski definition) is 3. The molecule has 3 aromatic rings. The van der Waals surface area contributed by atoms with Crippen LogP contribution < -0.4 is 9.46 Å². The minimum absolute atomic E-state index is 0.202. The van der Waals surface area contributed by atoms with Crippen LogP contribution in [0, 0.1) is 0 Å². The molecule has 5 heteroatoms. The molecule has 30 heavy (non-hydrogen) atoms. The van der Waals surface area contributed by atoms with Crippen LogP contribution in [0.4, 0.5) is 5.69 Å². The third-order valence-corrected chi connectivity index (χ3v) is 6.44. The second kappa shape index (κ2) is 9.81. The van der Waals surface area contributed by atoms with Crippen LogP contribution in [0.2, 0.25) is 0 Å². The molecule has 158 valence electrons. The lowest BCUT2D eigenvalue weighted by Crippen LogP contribution is -2.13. The Balaban J connectivity index is 2.09. The normalized spacial score (nSPS) is 12.2. The fraction of sp³-hybridized carbons (Fsp3) is 0.280. The standard InChI is InChI=1S/C25H29NO3S/c1-4-6-10-19(9-5-2)23-13-7-11-20-12-8-14-24(25(20)23)26-30(27,28)22-17-15-21(29-3)16-18-22/h7-8,10-18,26H,4-6,9H2,1-3H3/b19-10+. The first-order chi connectivity index (χ1) is 14.5. The second-order valence-corrected chi connectivity index (χ2v) is 8.94. The number of ether oxygens (including phenoxy) is 1. The van der Waals surface area contributed by atoms with Gasteiger partial charge in [0.1, 0.15) is 5.75 Å². The van der Waals surface area contributed by atoms with Crippen molar-refractivity contribution in [1.29, 1.82) is 0 Å². The molecule has 0 bridgehead atoms. The lowest BCUT2D eigenvalue weighted by atomic mass is 9.93. The summed E-state index contributed by atoms with van der Waals surface area (Å²) in [6.45, 7) is 4.33. The van der Waals surface area contributed by atoms with Gasteiger partial charge in [0.05, 0.1) is 17.7 Å². The topological polar surface area (TPSA) is 55.4 Å². The van der Waals surface area contributed by atoms with E-state index in [-0.39, 0.29) is 4.90 Å². The third kappa shape index (κ3) is 4.85. The Morgan fingerprint density at radius 1 is 0.967 bits per heavy atom. The van der Waals surface area contributed by atoms with Crippen molar-refractivity contribution in [2.24, 2.45) is 0 Å². The summed E-state index contributed by atoms with van der Waals surface area (Å²) in [6.07, 6.45) is 6.36. The van der Waals surface area contributed by atoms with Crippen molar-refractivity contribution in [2.75, 3.05) is 11.8 Å². The molecule has 4 nitrogen and oxygen atoms in total. The van der Waals surface area contributed by atoms with E-state index in [4.69, 9.17) is 4.74 Å². The molecule has 0 aromatic heterocycles. The third-order valence-electron chi connectivity index (χ3n) is 5.06. The average Bonchev–Trinajstić information content (AvgIpc) is 2.76. The Morgan fingerprint density at radius 2 is 1.67 bits per heavy atom. The predicted molar refractivity (Wildman–Crippen MR) is 126 cm³/mol. The molecule has 0 heterocycles. The molecule has 0 atom stereocenters. The van der Waals surface area contributed by atoms with Crippen molar-refractivity contribution in [3.63, 3.8) is 0 Å². The number of rotatable bonds is 9. The lowest BCUT2D eigenvalue weighted by Gasteiger charge is -2.16. The Hall–Kier alpha value is -2.79. The van der Waals surface area contributed by atoms with Crippen LogP contribution >= 0.6 is 0 Å². The quantitative estimate of drug-likeness (QED) is 0.420. The van der Waals surface area contributed by atoms with E-state index < -0.39 is 10.0 Å². The van der Waals surface area contributed by atoms with Gasteiger partial charge in [-0.25, -0.2) is 8.42 Å². The first-order valence-electron chi connectivity index (χ1n) is 10.4. The number of methoxy groups -OCH3 is 1. The molecule has 3 aromatic carbocycles. The van der Waals surface area contributed by atoms with Gasteiger partial charge in [-0.15, -0.1) is 0 Å². The van der Waals surface area contributed by atoms with Crippen LogP contribution in [0.5, 0.6) is 5.75 Å². The van der Waals surface area contributed by atoms with Gasteiger partial charge in [-0.2, -0.15) is 0 Å². The minimum atomic E-state index is -3.73. The van der Waals surface area contributed by atoms with Gasteiger partial charge in [0.2, 0.25) is 0 Å². The van der Waals surface area contributed by atoms with Crippen molar-refractivity contribution in [3.8, 4) is 5.75 Å². The van der Waals surface area contributed by atoms with Gasteiger partial charge in [0.15, 0.2) is 0 Å². The molecule has 3 rings (SSSR count). The lowest BCUT2D eigenvalue weighted by molar-refractivity contribution is 0.414. The molecule has 0 radical (unpaired) electrons. The number of fused-ring (bicyclic) bond motifs is 1. The molecule has 0 fully saturated rings. The van der Waals surface area contributed by atoms with E-state index in [1.54, 1.807) is 31.4 Å². The summed E-state index contributed by atoms with van der Waals surface area (Å²) in [6, 6.07) is 18.3. The van der Waals surface area contributed by atoms with Gasteiger partial charge in [0, 0.05) is 5.39 Å². The van der Waals surface area contributed by atoms with E-state index >= 15 is 0 Å². The summed E-state index contributed by atoms with van der Waals surface area (Å²) in [5.41, 5.74) is 2.95. The smallest absolute Gasteiger partial charge is 0.261 e. The maximum atomic E-state index is 13.1. The van der Waals surface area contributed by atoms with Crippen LogP contribution in [0.1, 0.15) is 45.1 Å². The Labute approximate surface area is 179 Å². The second-order valence-electron chi connectivity index (χ2n) is 7.26. The first kappa shape index (κ1) is 21.9. The Kier molecular flexibility index (Phi) is 7.16. The van der Waals surface area contributed by atoms with E-state index in [9.17, 15) is 8.42 Å². The van der Waals surface area contributed by atoms with Crippen LogP contribution in [0.3, 0.4) is 0 Å². The molecule has 0 spiro atoms. The van der Waals surface area contributed by atoms with Gasteiger partial charge in [-0.3, -0.25) is 4.72 Å². The van der Waals surface area contributed by atoms with Crippen LogP contribution in [0.15, 0.2) is 71.6 Å². The highest BCUT2D eigenvalue weighted by atomic mass is 32.2. The highest BCUT2D eigenvalue weighted by molar-refractivity contribution is 7.92. The number of nitrogens with one attached hydrogen (secondary N) is 1. The minimum Gasteiger partial charge on any atom is -0.497 e. The van der Waals surface area contributed by atoms with Gasteiger partial charge in [0.25, 0.3) is 10.0 Å². The number of hydrogen-bond donors (Lipinski definition) is 1. The fourth-order valence-corrected chi connectivity index (χ4v) is 4.66. The highest BCUT2D eigenvalue weighted by Gasteiger charge is 2.17. The van der Waals surface area contributed by atoms with Crippen molar-refractivity contribution in [2.45, 2.75) is 44.4 Å². The molecule has 0 aliphatic carbocycles. The summed E-state index contributed by atoms with van der Waals surface area (Å²) >= 11 is 0. The zero-order valence-electron chi connectivity index (χ0n) is 17.8. The molecule has 1 N–H and O–H groups in total. The van der Waals surface area contributed by atoms with E-state index in [2.05, 4.69) is 30.7 Å². The predicted octanol–water partition coefficient (Wildman–Crippen LogP) is 6.63. The zero-order chi connectivity index (χ0) is 21.6. The maximum absolute atomic E-state index is 13.1. The number of anilines is 1. The fourth-order valence-electron chi connectivity index (χ4n) is 3.59. The van der Waals surface area contributed by atoms with E-state index in [0.717, 1.165) is 42.0 Å². The van der Waals surface area contributed by atoms with Gasteiger partial charge in [-0.1, -0.05) is 63.1 Å². The summed E-state index contributed by atoms with van der Waals surface area (Å²) < 4.78 is 34.1. The van der Waals surface area contributed by atoms with Crippen LogP contribution in [-0.2, 0) is 10.0 Å². The van der Waals surface area contributed by atoms with E-state index in [0.29, 0.717) is 11.4 Å². The van der Waals surface area contributed by atoms with Crippen molar-refractivity contribution >= 4 is 32.1 Å². The summed E-state index contributed by atoms with van der Waals surface area (Å²) in [5, 5.41) is 1.95. The van der Waals surface area contributed by atoms with Crippen molar-refractivity contribution < 1.29 is 13.2 Å². The largest absolute Gasteiger partial charge is 0.497 e. The van der Waals surface area contributed by atoms with Gasteiger partial charge < -0.3 is 4.74 Å². The molecule has 0 amide bonds. The molecular weight excluding hydrogens is 394 g/mol. The van der Waals surface area contributed by atoms with E-state index in [1.807, 2.05) is 30.3 Å². The highest BCUT2D eigenvalue weighted by Crippen LogP contribution is 2.34. The molecule has 0 aliphatic rings. The molecule has 0 saturated carbocycles. The van der Waals surface area contributed by atoms with E-state index in [1.165, 1.54) is 5.57 Å². The molecule has 0 saturated heterocycles. The number of allylic oxidation sites excluding steroid dienone is 2.